The molecular weight excluding hydrogens is 349 g/mol. The van der Waals surface area contributed by atoms with Crippen molar-refractivity contribution in [1.82, 2.24) is 0 Å². The molecule has 0 fully saturated rings. The molecule has 2 N–H and O–H groups in total. The summed E-state index contributed by atoms with van der Waals surface area (Å²) in [6.45, 7) is 2.92. The van der Waals surface area contributed by atoms with Gasteiger partial charge in [-0.2, -0.15) is 0 Å². The van der Waals surface area contributed by atoms with Crippen molar-refractivity contribution in [1.29, 1.82) is 0 Å². The maximum atomic E-state index is 8.89. The Morgan fingerprint density at radius 1 is 0.714 bits per heavy atom. The molecule has 0 saturated heterocycles. The van der Waals surface area contributed by atoms with E-state index in [1.165, 1.54) is 0 Å². The summed E-state index contributed by atoms with van der Waals surface area (Å²) in [5, 5.41) is 26.7. The van der Waals surface area contributed by atoms with E-state index in [9.17, 15) is 0 Å². The summed E-state index contributed by atoms with van der Waals surface area (Å²) in [5.41, 5.74) is 0. The quantitative estimate of drug-likeness (QED) is 0.397. The van der Waals surface area contributed by atoms with Crippen LogP contribution in [0.25, 0.3) is 0 Å². The maximum absolute atomic E-state index is 8.89. The summed E-state index contributed by atoms with van der Waals surface area (Å²) < 4.78 is 0. The van der Waals surface area contributed by atoms with Crippen molar-refractivity contribution in [2.45, 2.75) is 20.8 Å². The predicted molar refractivity (Wildman–Crippen MR) is 35.7 cm³/mol. The third-order valence-corrected chi connectivity index (χ3v) is 0. The third-order valence-electron chi connectivity index (χ3n) is 0. The molecule has 0 heterocycles. The summed E-state index contributed by atoms with van der Waals surface area (Å²) in [6, 6.07) is 0. The minimum Gasteiger partial charge on any atom is -0.550 e. The van der Waals surface area contributed by atoms with Gasteiger partial charge in [0, 0.05) is 17.9 Å². The molecule has 0 saturated carbocycles. The Hall–Kier alpha value is -0.370. The fraction of sp³-hybridized carbons (Fsp3) is 0.500. The van der Waals surface area contributed by atoms with Crippen LogP contribution in [0.2, 0.25) is 0 Å². The smallest absolute Gasteiger partial charge is 0.550 e. The van der Waals surface area contributed by atoms with Crippen LogP contribution in [0.4, 0.5) is 0 Å². The summed E-state index contributed by atoms with van der Waals surface area (Å²) in [6.07, 6.45) is 0. The van der Waals surface area contributed by atoms with E-state index in [0.717, 1.165) is 20.8 Å². The molecule has 0 aromatic rings. The van der Waals surface area contributed by atoms with E-state index in [2.05, 4.69) is 0 Å². The van der Waals surface area contributed by atoms with Crippen LogP contribution in [0.1, 0.15) is 20.8 Å². The van der Waals surface area contributed by atoms with Gasteiger partial charge in [-0.25, -0.2) is 0 Å². The van der Waals surface area contributed by atoms with Crippen LogP contribution in [0.15, 0.2) is 0 Å². The van der Waals surface area contributed by atoms with Gasteiger partial charge in [0.1, 0.15) is 0 Å². The number of rotatable bonds is 0. The maximum Gasteiger partial charge on any atom is 3.00 e. The van der Waals surface area contributed by atoms with Gasteiger partial charge in [-0.3, -0.25) is 0 Å². The molecule has 0 aliphatic heterocycles. The normalized spacial score (nSPS) is 5.36. The fourth-order valence-electron chi connectivity index (χ4n) is 0. The molecule has 88 valence electrons. The first-order valence-corrected chi connectivity index (χ1v) is 2.72. The Bertz CT molecular complexity index is 116. The molecule has 0 aliphatic rings. The molecule has 0 aromatic heterocycles. The molecule has 0 radical (unpaired) electrons. The summed E-state index contributed by atoms with van der Waals surface area (Å²) in [5.74, 6) is -3.25. The Labute approximate surface area is 111 Å². The van der Waals surface area contributed by atoms with Gasteiger partial charge in [-0.15, -0.1) is 0 Å². The van der Waals surface area contributed by atoms with E-state index in [1.54, 1.807) is 0 Å². The Morgan fingerprint density at radius 2 is 0.714 bits per heavy atom. The van der Waals surface area contributed by atoms with Crippen LogP contribution in [0, 0.1) is 37.7 Å². The molecule has 0 spiro atoms. The van der Waals surface area contributed by atoms with E-state index < -0.39 is 17.9 Å². The van der Waals surface area contributed by atoms with Crippen LogP contribution in [-0.4, -0.2) is 23.4 Å². The number of carbonyl (C=O) groups excluding carboxylic acids is 3. The van der Waals surface area contributed by atoms with E-state index in [1.807, 2.05) is 0 Å². The summed E-state index contributed by atoms with van der Waals surface area (Å²) in [4.78, 5) is 26.7. The molecule has 0 amide bonds. The van der Waals surface area contributed by atoms with E-state index in [-0.39, 0.29) is 43.2 Å². The van der Waals surface area contributed by atoms with Crippen molar-refractivity contribution in [2.24, 2.45) is 0 Å². The number of carbonyl (C=O) groups is 3. The van der Waals surface area contributed by atoms with Gasteiger partial charge < -0.3 is 35.2 Å². The first-order valence-electron chi connectivity index (χ1n) is 2.72. The predicted octanol–water partition coefficient (Wildman–Crippen LogP) is -4.56. The first kappa shape index (κ1) is 29.2. The van der Waals surface area contributed by atoms with Crippen LogP contribution in [0.3, 0.4) is 0 Å². The van der Waals surface area contributed by atoms with Gasteiger partial charge >= 0.3 is 37.7 Å². The van der Waals surface area contributed by atoms with Crippen LogP contribution in [-0.2, 0) is 14.4 Å². The second-order valence-electron chi connectivity index (χ2n) is 1.47. The van der Waals surface area contributed by atoms with Crippen molar-refractivity contribution < 1.29 is 72.9 Å². The minimum atomic E-state index is -1.08. The largest absolute Gasteiger partial charge is 3.00 e. The standard InChI is InChI=1S/3C2H4O2.Ho.H2O/c3*1-2(3)4;;/h3*1H3,(H,3,4);;1H2/q;;;+3;/p-3. The van der Waals surface area contributed by atoms with Gasteiger partial charge in [0.2, 0.25) is 0 Å². The molecule has 0 rings (SSSR count). The second kappa shape index (κ2) is 22.9. The molecule has 8 heteroatoms. The van der Waals surface area contributed by atoms with Crippen molar-refractivity contribution in [3.63, 3.8) is 0 Å². The van der Waals surface area contributed by atoms with Gasteiger partial charge in [-0.1, -0.05) is 0 Å². The minimum absolute atomic E-state index is 0. The van der Waals surface area contributed by atoms with Gasteiger partial charge in [0.15, 0.2) is 0 Å². The van der Waals surface area contributed by atoms with Crippen molar-refractivity contribution in [3.05, 3.63) is 0 Å². The van der Waals surface area contributed by atoms with E-state index in [4.69, 9.17) is 29.7 Å². The zero-order valence-electron chi connectivity index (χ0n) is 7.75. The fourth-order valence-corrected chi connectivity index (χ4v) is 0. The molecule has 0 bridgehead atoms. The molecule has 7 nitrogen and oxygen atoms in total. The average Bonchev–Trinajstić information content (AvgIpc) is 1.54. The van der Waals surface area contributed by atoms with Gasteiger partial charge in [0.05, 0.1) is 0 Å². The van der Waals surface area contributed by atoms with Crippen LogP contribution >= 0.6 is 0 Å². The first-order chi connectivity index (χ1) is 5.20. The molecule has 14 heavy (non-hydrogen) atoms. The van der Waals surface area contributed by atoms with Gasteiger partial charge in [0.25, 0.3) is 0 Å². The van der Waals surface area contributed by atoms with Gasteiger partial charge in [-0.05, 0) is 20.8 Å². The number of hydrogen-bond donors (Lipinski definition) is 0. The topological polar surface area (TPSA) is 152 Å². The molecule has 0 unspecified atom stereocenters. The summed E-state index contributed by atoms with van der Waals surface area (Å²) in [7, 11) is 0. The number of carboxylic acids is 3. The van der Waals surface area contributed by atoms with Crippen LogP contribution in [0.5, 0.6) is 0 Å². The Balaban J connectivity index is -0.0000000270. The molecule has 0 aliphatic carbocycles. The Kier molecular flexibility index (Phi) is 47.8. The molecular formula is C6H11HoO7. The Morgan fingerprint density at radius 3 is 0.714 bits per heavy atom. The van der Waals surface area contributed by atoms with Crippen molar-refractivity contribution in [3.8, 4) is 0 Å². The van der Waals surface area contributed by atoms with Crippen molar-refractivity contribution >= 4 is 17.9 Å². The van der Waals surface area contributed by atoms with Crippen LogP contribution < -0.4 is 15.3 Å². The molecule has 0 atom stereocenters. The third kappa shape index (κ3) is 9590. The second-order valence-corrected chi connectivity index (χ2v) is 1.47. The molecule has 0 aromatic carbocycles. The monoisotopic (exact) mass is 360 g/mol. The van der Waals surface area contributed by atoms with E-state index in [0.29, 0.717) is 0 Å². The SMILES string of the molecule is CC(=O)[O-].CC(=O)[O-].CC(=O)[O-].O.[Ho+3]. The van der Waals surface area contributed by atoms with E-state index >= 15 is 0 Å². The zero-order valence-corrected chi connectivity index (χ0v) is 9.69. The average molecular weight is 360 g/mol. The number of carboxylic acid groups (broad SMARTS) is 3. The number of aliphatic carboxylic acids is 3. The van der Waals surface area contributed by atoms with Crippen molar-refractivity contribution in [2.75, 3.05) is 0 Å². The zero-order chi connectivity index (χ0) is 10.7. The summed E-state index contributed by atoms with van der Waals surface area (Å²) >= 11 is 0. The number of hydrogen-bond acceptors (Lipinski definition) is 6.